The van der Waals surface area contributed by atoms with Crippen LogP contribution in [-0.4, -0.2) is 11.1 Å². The highest BCUT2D eigenvalue weighted by molar-refractivity contribution is 5.81. The van der Waals surface area contributed by atoms with Crippen molar-refractivity contribution in [3.63, 3.8) is 0 Å². The first-order valence-electron chi connectivity index (χ1n) is 7.06. The van der Waals surface area contributed by atoms with E-state index in [-0.39, 0.29) is 5.82 Å². The van der Waals surface area contributed by atoms with E-state index in [9.17, 15) is 14.3 Å². The molecule has 0 atom stereocenters. The highest BCUT2D eigenvalue weighted by Gasteiger charge is 2.38. The van der Waals surface area contributed by atoms with E-state index in [0.29, 0.717) is 12.8 Å². The molecule has 0 unspecified atom stereocenters. The number of unbranched alkanes of at least 4 members (excludes halogenated alkanes) is 2. The fourth-order valence-electron chi connectivity index (χ4n) is 2.48. The summed E-state index contributed by atoms with van der Waals surface area (Å²) in [7, 11) is 0. The fourth-order valence-corrected chi connectivity index (χ4v) is 2.48. The molecule has 0 aliphatic carbocycles. The molecule has 0 aliphatic heterocycles. The monoisotopic (exact) mass is 266 g/mol. The predicted octanol–water partition coefficient (Wildman–Crippen LogP) is 4.53. The second-order valence-electron chi connectivity index (χ2n) is 5.10. The van der Waals surface area contributed by atoms with E-state index in [1.165, 1.54) is 12.1 Å². The van der Waals surface area contributed by atoms with E-state index in [1.807, 2.05) is 0 Å². The number of carboxylic acid groups (broad SMARTS) is 1. The highest BCUT2D eigenvalue weighted by Crippen LogP contribution is 2.36. The van der Waals surface area contributed by atoms with Crippen LogP contribution in [0.2, 0.25) is 0 Å². The van der Waals surface area contributed by atoms with Gasteiger partial charge in [-0.05, 0) is 30.5 Å². The van der Waals surface area contributed by atoms with E-state index in [1.54, 1.807) is 12.1 Å². The lowest BCUT2D eigenvalue weighted by Gasteiger charge is -2.30. The highest BCUT2D eigenvalue weighted by atomic mass is 19.1. The summed E-state index contributed by atoms with van der Waals surface area (Å²) >= 11 is 0. The zero-order chi connectivity index (χ0) is 14.3. The first-order valence-corrected chi connectivity index (χ1v) is 7.06. The Kier molecular flexibility index (Phi) is 6.00. The Balaban J connectivity index is 3.12. The van der Waals surface area contributed by atoms with E-state index in [2.05, 4.69) is 13.8 Å². The second-order valence-corrected chi connectivity index (χ2v) is 5.10. The van der Waals surface area contributed by atoms with Gasteiger partial charge in [-0.1, -0.05) is 51.7 Å². The molecule has 0 bridgehead atoms. The summed E-state index contributed by atoms with van der Waals surface area (Å²) in [6.45, 7) is 4.11. The average molecular weight is 266 g/mol. The summed E-state index contributed by atoms with van der Waals surface area (Å²) in [5.41, 5.74) is -0.136. The van der Waals surface area contributed by atoms with E-state index >= 15 is 0 Å². The lowest BCUT2D eigenvalue weighted by Crippen LogP contribution is -2.36. The smallest absolute Gasteiger partial charge is 0.314 e. The molecule has 0 radical (unpaired) electrons. The number of halogens is 1. The van der Waals surface area contributed by atoms with Gasteiger partial charge in [-0.15, -0.1) is 0 Å². The minimum Gasteiger partial charge on any atom is -0.481 e. The number of carbonyl (C=O) groups is 1. The molecule has 1 aromatic carbocycles. The Morgan fingerprint density at radius 2 is 1.58 bits per heavy atom. The Bertz CT molecular complexity index is 390. The zero-order valence-electron chi connectivity index (χ0n) is 11.8. The van der Waals surface area contributed by atoms with Gasteiger partial charge in [-0.3, -0.25) is 4.79 Å². The number of benzene rings is 1. The van der Waals surface area contributed by atoms with E-state index in [0.717, 1.165) is 31.2 Å². The molecule has 3 heteroatoms. The van der Waals surface area contributed by atoms with Crippen molar-refractivity contribution >= 4 is 5.97 Å². The van der Waals surface area contributed by atoms with Crippen LogP contribution in [0, 0.1) is 5.82 Å². The molecule has 106 valence electrons. The molecule has 1 N–H and O–H groups in total. The van der Waals surface area contributed by atoms with Crippen molar-refractivity contribution in [2.75, 3.05) is 0 Å². The second kappa shape index (κ2) is 7.27. The topological polar surface area (TPSA) is 37.3 Å². The molecule has 1 rings (SSSR count). The Hall–Kier alpha value is -1.38. The van der Waals surface area contributed by atoms with Crippen LogP contribution in [0.1, 0.15) is 57.9 Å². The van der Waals surface area contributed by atoms with Crippen molar-refractivity contribution in [3.8, 4) is 0 Å². The van der Waals surface area contributed by atoms with Crippen LogP contribution in [0.15, 0.2) is 24.3 Å². The summed E-state index contributed by atoms with van der Waals surface area (Å²) in [6, 6.07) is 5.94. The molecule has 0 aliphatic rings. The molecule has 0 fully saturated rings. The van der Waals surface area contributed by atoms with Crippen molar-refractivity contribution in [1.82, 2.24) is 0 Å². The maximum absolute atomic E-state index is 13.0. The van der Waals surface area contributed by atoms with Crippen LogP contribution in [0.3, 0.4) is 0 Å². The van der Waals surface area contributed by atoms with Gasteiger partial charge in [0.2, 0.25) is 0 Å². The van der Waals surface area contributed by atoms with Gasteiger partial charge < -0.3 is 5.11 Å². The van der Waals surface area contributed by atoms with Crippen molar-refractivity contribution in [1.29, 1.82) is 0 Å². The third-order valence-corrected chi connectivity index (χ3v) is 3.72. The molecule has 2 nitrogen and oxygen atoms in total. The average Bonchev–Trinajstić information content (AvgIpc) is 2.40. The van der Waals surface area contributed by atoms with Gasteiger partial charge in [0.05, 0.1) is 5.41 Å². The van der Waals surface area contributed by atoms with Crippen LogP contribution >= 0.6 is 0 Å². The van der Waals surface area contributed by atoms with Gasteiger partial charge in [-0.25, -0.2) is 4.39 Å². The van der Waals surface area contributed by atoms with Gasteiger partial charge in [0.25, 0.3) is 0 Å². The molecule has 0 amide bonds. The number of aliphatic carboxylic acids is 1. The van der Waals surface area contributed by atoms with Crippen molar-refractivity contribution in [2.45, 2.75) is 57.8 Å². The SMILES string of the molecule is CCCCC(CCCC)(C(=O)O)c1ccc(F)cc1. The van der Waals surface area contributed by atoms with Crippen LogP contribution in [0.25, 0.3) is 0 Å². The zero-order valence-corrected chi connectivity index (χ0v) is 11.8. The Labute approximate surface area is 114 Å². The third-order valence-electron chi connectivity index (χ3n) is 3.72. The maximum Gasteiger partial charge on any atom is 0.314 e. The molecule has 0 aromatic heterocycles. The first kappa shape index (κ1) is 15.7. The van der Waals surface area contributed by atoms with E-state index in [4.69, 9.17) is 0 Å². The molecule has 0 spiro atoms. The molecule has 0 heterocycles. The number of carboxylic acids is 1. The lowest BCUT2D eigenvalue weighted by atomic mass is 9.73. The predicted molar refractivity (Wildman–Crippen MR) is 74.8 cm³/mol. The number of rotatable bonds is 8. The van der Waals surface area contributed by atoms with Crippen molar-refractivity contribution in [2.24, 2.45) is 0 Å². The van der Waals surface area contributed by atoms with Gasteiger partial charge in [0.15, 0.2) is 0 Å². The van der Waals surface area contributed by atoms with Crippen LogP contribution in [0.4, 0.5) is 4.39 Å². The molecular weight excluding hydrogens is 243 g/mol. The normalized spacial score (nSPS) is 11.5. The van der Waals surface area contributed by atoms with Gasteiger partial charge in [-0.2, -0.15) is 0 Å². The fraction of sp³-hybridized carbons (Fsp3) is 0.562. The summed E-state index contributed by atoms with van der Waals surface area (Å²) in [6.07, 6.45) is 4.89. The Morgan fingerprint density at radius 3 is 1.95 bits per heavy atom. The first-order chi connectivity index (χ1) is 9.06. The standard InChI is InChI=1S/C16H23FO2/c1-3-5-11-16(15(18)19,12-6-4-2)13-7-9-14(17)10-8-13/h7-10H,3-6,11-12H2,1-2H3,(H,18,19). The van der Waals surface area contributed by atoms with Crippen LogP contribution in [-0.2, 0) is 10.2 Å². The molecule has 19 heavy (non-hydrogen) atoms. The van der Waals surface area contributed by atoms with Crippen LogP contribution < -0.4 is 0 Å². The minimum absolute atomic E-state index is 0.325. The number of hydrogen-bond acceptors (Lipinski definition) is 1. The van der Waals surface area contributed by atoms with Gasteiger partial charge in [0.1, 0.15) is 5.82 Å². The van der Waals surface area contributed by atoms with Gasteiger partial charge in [0, 0.05) is 0 Å². The molecule has 1 aromatic rings. The summed E-state index contributed by atoms with van der Waals surface area (Å²) in [4.78, 5) is 11.8. The maximum atomic E-state index is 13.0. The summed E-state index contributed by atoms with van der Waals surface area (Å²) < 4.78 is 13.0. The number of hydrogen-bond donors (Lipinski definition) is 1. The lowest BCUT2D eigenvalue weighted by molar-refractivity contribution is -0.144. The molecule has 0 saturated carbocycles. The summed E-state index contributed by atoms with van der Waals surface area (Å²) in [5, 5.41) is 9.71. The van der Waals surface area contributed by atoms with E-state index < -0.39 is 11.4 Å². The molecular formula is C16H23FO2. The van der Waals surface area contributed by atoms with Crippen molar-refractivity contribution in [3.05, 3.63) is 35.6 Å². The van der Waals surface area contributed by atoms with Gasteiger partial charge >= 0.3 is 5.97 Å². The quantitative estimate of drug-likeness (QED) is 0.750. The van der Waals surface area contributed by atoms with Crippen LogP contribution in [0.5, 0.6) is 0 Å². The summed E-state index contributed by atoms with van der Waals surface area (Å²) in [5.74, 6) is -1.12. The van der Waals surface area contributed by atoms with Crippen molar-refractivity contribution < 1.29 is 14.3 Å². The largest absolute Gasteiger partial charge is 0.481 e. The molecule has 0 saturated heterocycles. The Morgan fingerprint density at radius 1 is 1.11 bits per heavy atom. The minimum atomic E-state index is -0.861. The third kappa shape index (κ3) is 3.79.